The predicted molar refractivity (Wildman–Crippen MR) is 125 cm³/mol. The van der Waals surface area contributed by atoms with E-state index in [9.17, 15) is 24.3 Å². The molecule has 0 saturated carbocycles. The molecule has 2 saturated heterocycles. The topological polar surface area (TPSA) is 194 Å². The quantitative estimate of drug-likeness (QED) is 0.108. The van der Waals surface area contributed by atoms with E-state index in [0.29, 0.717) is 11.6 Å². The number of fused-ring (bicyclic) bond motifs is 1. The Kier molecular flexibility index (Phi) is 7.22. The third-order valence-electron chi connectivity index (χ3n) is 5.27. The van der Waals surface area contributed by atoms with Gasteiger partial charge in [-0.1, -0.05) is 16.9 Å². The van der Waals surface area contributed by atoms with E-state index in [4.69, 9.17) is 4.84 Å². The van der Waals surface area contributed by atoms with Crippen molar-refractivity contribution in [3.8, 4) is 0 Å². The number of aromatic nitrogens is 5. The zero-order valence-electron chi connectivity index (χ0n) is 18.3. The predicted octanol–water partition coefficient (Wildman–Crippen LogP) is -1.15. The summed E-state index contributed by atoms with van der Waals surface area (Å²) in [4.78, 5) is 58.8. The summed E-state index contributed by atoms with van der Waals surface area (Å²) in [7, 11) is 2.91. The lowest BCUT2D eigenvalue weighted by atomic mass is 9.89. The lowest BCUT2D eigenvalue weighted by Crippen LogP contribution is -2.74. The van der Waals surface area contributed by atoms with Crippen LogP contribution in [-0.4, -0.2) is 102 Å². The van der Waals surface area contributed by atoms with Crippen molar-refractivity contribution in [2.75, 3.05) is 30.5 Å². The van der Waals surface area contributed by atoms with Crippen molar-refractivity contribution in [3.05, 3.63) is 11.1 Å². The Balaban J connectivity index is 1.42. The molecule has 0 aliphatic carbocycles. The molecule has 2 unspecified atom stereocenters. The number of nitrogens with one attached hydrogen (secondary N) is 2. The molecule has 4 heterocycles. The number of carbonyl (C=O) groups excluding carboxylic acids is 3. The average Bonchev–Trinajstić information content (AvgIpc) is 3.48. The Bertz CT molecular complexity index is 1190. The van der Waals surface area contributed by atoms with Crippen LogP contribution in [0.2, 0.25) is 0 Å². The second-order valence-corrected chi connectivity index (χ2v) is 10.4. The number of hydrogen-bond donors (Lipinski definition) is 3. The fourth-order valence-corrected chi connectivity index (χ4v) is 6.82. The zero-order valence-corrected chi connectivity index (χ0v) is 20.7. The molecule has 3 atom stereocenters. The fourth-order valence-electron chi connectivity index (χ4n) is 3.46. The van der Waals surface area contributed by atoms with Crippen LogP contribution in [0.25, 0.3) is 0 Å². The van der Waals surface area contributed by atoms with E-state index in [1.54, 1.807) is 7.05 Å². The van der Waals surface area contributed by atoms with Crippen LogP contribution in [-0.2, 0) is 31.1 Å². The Labute approximate surface area is 210 Å². The van der Waals surface area contributed by atoms with Gasteiger partial charge in [-0.2, -0.15) is 0 Å². The molecule has 4 rings (SSSR count). The number of oxime groups is 1. The molecule has 18 heteroatoms. The Morgan fingerprint density at radius 1 is 1.49 bits per heavy atom. The maximum atomic E-state index is 12.9. The van der Waals surface area contributed by atoms with Gasteiger partial charge in [0.25, 0.3) is 5.91 Å². The van der Waals surface area contributed by atoms with Crippen molar-refractivity contribution in [3.63, 3.8) is 0 Å². The van der Waals surface area contributed by atoms with Gasteiger partial charge in [0.1, 0.15) is 29.6 Å². The number of carboxylic acid groups (broad SMARTS) is 1. The van der Waals surface area contributed by atoms with Gasteiger partial charge in [0.15, 0.2) is 10.8 Å². The average molecular weight is 542 g/mol. The highest BCUT2D eigenvalue weighted by molar-refractivity contribution is 8.00. The van der Waals surface area contributed by atoms with E-state index in [1.807, 2.05) is 0 Å². The molecule has 3 amide bonds. The van der Waals surface area contributed by atoms with Crippen molar-refractivity contribution < 1.29 is 29.1 Å². The summed E-state index contributed by atoms with van der Waals surface area (Å²) in [5.74, 6) is -1.71. The lowest BCUT2D eigenvalue weighted by molar-refractivity contribution is -0.157. The molecular weight excluding hydrogens is 522 g/mol. The second kappa shape index (κ2) is 10.2. The van der Waals surface area contributed by atoms with E-state index in [0.717, 1.165) is 11.3 Å². The number of carboxylic acids is 1. The van der Waals surface area contributed by atoms with E-state index in [-0.39, 0.29) is 34.6 Å². The van der Waals surface area contributed by atoms with E-state index >= 15 is 0 Å². The first kappa shape index (κ1) is 24.9. The number of anilines is 1. The molecular formula is C17H19N9O6S3. The molecule has 15 nitrogen and oxygen atoms in total. The fraction of sp³-hybridized carbons (Fsp3) is 0.471. The number of nitrogens with zero attached hydrogens (tertiary/aromatic N) is 7. The SMILES string of the molecule is CON=C(C(=O)NC1C(=O)N2CC(CSc3nnnn3C)(C(=O)O)CS[C@H]12)c1csc(NC=O)n1. The number of β-lactam (4-membered cyclic amide) rings is 1. The molecule has 2 aliphatic heterocycles. The van der Waals surface area contributed by atoms with Crippen LogP contribution in [0, 0.1) is 5.41 Å². The molecule has 35 heavy (non-hydrogen) atoms. The third kappa shape index (κ3) is 4.80. The Hall–Kier alpha value is -3.25. The van der Waals surface area contributed by atoms with Crippen LogP contribution in [0.4, 0.5) is 5.13 Å². The number of amides is 3. The largest absolute Gasteiger partial charge is 0.481 e. The van der Waals surface area contributed by atoms with Crippen molar-refractivity contribution >= 4 is 69.9 Å². The normalized spacial score (nSPS) is 23.8. The maximum absolute atomic E-state index is 12.9. The summed E-state index contributed by atoms with van der Waals surface area (Å²) in [6.07, 6.45) is 0.456. The summed E-state index contributed by atoms with van der Waals surface area (Å²) in [5, 5.41) is 31.6. The molecule has 2 aromatic rings. The van der Waals surface area contributed by atoms with Crippen LogP contribution in [0.3, 0.4) is 0 Å². The van der Waals surface area contributed by atoms with Crippen LogP contribution in [0.15, 0.2) is 15.7 Å². The van der Waals surface area contributed by atoms with E-state index in [2.05, 4.69) is 36.3 Å². The van der Waals surface area contributed by atoms with Crippen LogP contribution in [0.5, 0.6) is 0 Å². The smallest absolute Gasteiger partial charge is 0.313 e. The van der Waals surface area contributed by atoms with Crippen molar-refractivity contribution in [1.82, 2.24) is 35.4 Å². The lowest BCUT2D eigenvalue weighted by Gasteiger charge is -2.53. The Morgan fingerprint density at radius 3 is 2.94 bits per heavy atom. The van der Waals surface area contributed by atoms with Crippen molar-refractivity contribution in [2.45, 2.75) is 16.6 Å². The summed E-state index contributed by atoms with van der Waals surface area (Å²) < 4.78 is 1.44. The van der Waals surface area contributed by atoms with Crippen LogP contribution in [0.1, 0.15) is 5.69 Å². The number of tetrazole rings is 1. The first-order chi connectivity index (χ1) is 16.8. The molecule has 2 fully saturated rings. The first-order valence-corrected chi connectivity index (χ1v) is 12.8. The molecule has 2 aromatic heterocycles. The van der Waals surface area contributed by atoms with Crippen LogP contribution < -0.4 is 10.6 Å². The number of aliphatic carboxylic acids is 1. The molecule has 0 aromatic carbocycles. The molecule has 2 aliphatic rings. The van der Waals surface area contributed by atoms with Gasteiger partial charge >= 0.3 is 5.97 Å². The maximum Gasteiger partial charge on any atom is 0.313 e. The zero-order chi connectivity index (χ0) is 25.2. The van der Waals surface area contributed by atoms with Gasteiger partial charge in [-0.3, -0.25) is 19.2 Å². The molecule has 0 spiro atoms. The number of rotatable bonds is 10. The summed E-state index contributed by atoms with van der Waals surface area (Å²) in [5.41, 5.74) is -1.20. The summed E-state index contributed by atoms with van der Waals surface area (Å²) in [6, 6.07) is -0.858. The number of carbonyl (C=O) groups is 4. The monoisotopic (exact) mass is 541 g/mol. The summed E-state index contributed by atoms with van der Waals surface area (Å²) >= 11 is 3.57. The minimum Gasteiger partial charge on any atom is -0.481 e. The van der Waals surface area contributed by atoms with Crippen molar-refractivity contribution in [1.29, 1.82) is 0 Å². The minimum absolute atomic E-state index is 0.00465. The van der Waals surface area contributed by atoms with Gasteiger partial charge in [0.05, 0.1) is 0 Å². The number of thiazole rings is 1. The second-order valence-electron chi connectivity index (χ2n) is 7.50. The molecule has 186 valence electrons. The van der Waals surface area contributed by atoms with Crippen molar-refractivity contribution in [2.24, 2.45) is 17.6 Å². The van der Waals surface area contributed by atoms with Gasteiger partial charge in [-0.25, -0.2) is 9.67 Å². The highest BCUT2D eigenvalue weighted by Crippen LogP contribution is 2.44. The Morgan fingerprint density at radius 2 is 2.29 bits per heavy atom. The standard InChI is InChI=1S/C17H19N9O6S3/c1-25-16(21-23-24-25)35-6-17(14(30)31)4-26-12(29)10(13(26)34-5-17)20-11(28)9(22-32-2)8-3-33-15(19-8)18-7-27/h3,7,10,13H,4-6H2,1-2H3,(H,20,28)(H,30,31)(H,18,19,27)/t10?,13-,17?/m1/s1. The highest BCUT2D eigenvalue weighted by atomic mass is 32.2. The number of aryl methyl sites for hydroxylation is 1. The molecule has 3 N–H and O–H groups in total. The third-order valence-corrected chi connectivity index (χ3v) is 8.93. The number of hydrogen-bond acceptors (Lipinski definition) is 13. The van der Waals surface area contributed by atoms with Gasteiger partial charge < -0.3 is 25.5 Å². The van der Waals surface area contributed by atoms with Gasteiger partial charge in [0.2, 0.25) is 17.5 Å². The molecule has 0 bridgehead atoms. The summed E-state index contributed by atoms with van der Waals surface area (Å²) in [6.45, 7) is -0.00465. The first-order valence-electron chi connectivity index (χ1n) is 9.88. The molecule has 0 radical (unpaired) electrons. The minimum atomic E-state index is -1.20. The number of thioether (sulfide) groups is 2. The van der Waals surface area contributed by atoms with Crippen LogP contribution >= 0.6 is 34.9 Å². The van der Waals surface area contributed by atoms with E-state index < -0.39 is 34.6 Å². The van der Waals surface area contributed by atoms with E-state index in [1.165, 1.54) is 45.6 Å². The van der Waals surface area contributed by atoms with Gasteiger partial charge in [-0.15, -0.1) is 28.2 Å². The highest BCUT2D eigenvalue weighted by Gasteiger charge is 2.57. The van der Waals surface area contributed by atoms with Gasteiger partial charge in [-0.05, 0) is 10.4 Å². The van der Waals surface area contributed by atoms with Gasteiger partial charge in [0, 0.05) is 30.5 Å².